The summed E-state index contributed by atoms with van der Waals surface area (Å²) in [6.07, 6.45) is 3.95. The van der Waals surface area contributed by atoms with Gasteiger partial charge in [0.15, 0.2) is 5.76 Å². The lowest BCUT2D eigenvalue weighted by molar-refractivity contribution is 0.0901. The van der Waals surface area contributed by atoms with Crippen LogP contribution < -0.4 is 5.32 Å². The first kappa shape index (κ1) is 19.1. The molecule has 152 valence electrons. The van der Waals surface area contributed by atoms with Gasteiger partial charge in [0.1, 0.15) is 0 Å². The van der Waals surface area contributed by atoms with Crippen LogP contribution in [0.5, 0.6) is 0 Å². The Morgan fingerprint density at radius 1 is 1.40 bits per heavy atom. The minimum Gasteiger partial charge on any atom is -0.465 e. The van der Waals surface area contributed by atoms with Crippen LogP contribution in [-0.2, 0) is 6.54 Å². The Balaban J connectivity index is 1.43. The van der Waals surface area contributed by atoms with Gasteiger partial charge < -0.3 is 19.7 Å². The summed E-state index contributed by atoms with van der Waals surface area (Å²) in [6.45, 7) is 0.495. The molecule has 2 amide bonds. The van der Waals surface area contributed by atoms with Gasteiger partial charge in [-0.25, -0.2) is 9.78 Å². The standard InChI is InChI=1S/C19H17N7O4/c20-8-12-2-1-3-13(6-12)16-9-21-18(30-16)17(27)23-14-7-15(26(10-14)19(28)29)11-25-5-4-22-24-25/h1-6,9,14-15H,7,10-11H2,(H,23,27)(H,28,29)/t14?,15-/m1/s1. The number of aromatic nitrogens is 4. The zero-order valence-corrected chi connectivity index (χ0v) is 15.7. The van der Waals surface area contributed by atoms with Crippen LogP contribution in [0.4, 0.5) is 4.79 Å². The van der Waals surface area contributed by atoms with E-state index in [-0.39, 0.29) is 24.5 Å². The van der Waals surface area contributed by atoms with Crippen molar-refractivity contribution < 1.29 is 19.1 Å². The number of hydrogen-bond acceptors (Lipinski definition) is 7. The van der Waals surface area contributed by atoms with Gasteiger partial charge in [0, 0.05) is 24.3 Å². The molecule has 0 spiro atoms. The number of carbonyl (C=O) groups excluding carboxylic acids is 1. The molecule has 4 rings (SSSR count). The molecular weight excluding hydrogens is 390 g/mol. The topological polar surface area (TPSA) is 150 Å². The van der Waals surface area contributed by atoms with E-state index in [2.05, 4.69) is 20.6 Å². The molecule has 1 aromatic carbocycles. The van der Waals surface area contributed by atoms with Crippen molar-refractivity contribution in [2.75, 3.05) is 6.54 Å². The summed E-state index contributed by atoms with van der Waals surface area (Å²) in [5, 5.41) is 28.8. The summed E-state index contributed by atoms with van der Waals surface area (Å²) in [5.41, 5.74) is 1.10. The molecule has 30 heavy (non-hydrogen) atoms. The molecule has 1 aliphatic heterocycles. The van der Waals surface area contributed by atoms with E-state index in [0.717, 1.165) is 0 Å². The van der Waals surface area contributed by atoms with Crippen molar-refractivity contribution >= 4 is 12.0 Å². The molecule has 11 heteroatoms. The number of carbonyl (C=O) groups is 2. The van der Waals surface area contributed by atoms with E-state index in [4.69, 9.17) is 9.68 Å². The number of nitrogens with one attached hydrogen (secondary N) is 1. The van der Waals surface area contributed by atoms with Gasteiger partial charge in [0.05, 0.1) is 36.6 Å². The second-order valence-corrected chi connectivity index (χ2v) is 6.84. The number of benzene rings is 1. The Hall–Kier alpha value is -4.20. The second-order valence-electron chi connectivity index (χ2n) is 6.84. The molecule has 0 bridgehead atoms. The monoisotopic (exact) mass is 407 g/mol. The van der Waals surface area contributed by atoms with E-state index in [0.29, 0.717) is 29.9 Å². The van der Waals surface area contributed by atoms with Gasteiger partial charge in [-0.15, -0.1) is 5.10 Å². The highest BCUT2D eigenvalue weighted by Gasteiger charge is 2.37. The van der Waals surface area contributed by atoms with Gasteiger partial charge in [-0.05, 0) is 18.6 Å². The van der Waals surface area contributed by atoms with Crippen molar-refractivity contribution in [2.24, 2.45) is 0 Å². The number of amides is 2. The number of rotatable bonds is 5. The number of nitrogens with zero attached hydrogens (tertiary/aromatic N) is 6. The fraction of sp³-hybridized carbons (Fsp3) is 0.263. The molecule has 1 unspecified atom stereocenters. The van der Waals surface area contributed by atoms with Crippen LogP contribution in [0.2, 0.25) is 0 Å². The molecule has 3 aromatic rings. The van der Waals surface area contributed by atoms with Crippen LogP contribution in [0.25, 0.3) is 11.3 Å². The Kier molecular flexibility index (Phi) is 5.13. The second kappa shape index (κ2) is 8.04. The third-order valence-corrected chi connectivity index (χ3v) is 4.84. The maximum atomic E-state index is 12.6. The molecule has 2 N–H and O–H groups in total. The molecule has 2 aromatic heterocycles. The molecule has 1 fully saturated rings. The average molecular weight is 407 g/mol. The summed E-state index contributed by atoms with van der Waals surface area (Å²) in [6, 6.07) is 8.07. The Morgan fingerprint density at radius 3 is 3.00 bits per heavy atom. The quantitative estimate of drug-likeness (QED) is 0.643. The molecule has 3 heterocycles. The average Bonchev–Trinajstić information content (AvgIpc) is 3.49. The molecule has 2 atom stereocenters. The zero-order chi connectivity index (χ0) is 21.1. The van der Waals surface area contributed by atoms with Crippen LogP contribution in [0.15, 0.2) is 47.3 Å². The maximum Gasteiger partial charge on any atom is 0.407 e. The third kappa shape index (κ3) is 3.97. The normalized spacial score (nSPS) is 18.2. The van der Waals surface area contributed by atoms with Gasteiger partial charge in [-0.3, -0.25) is 9.48 Å². The molecule has 11 nitrogen and oxygen atoms in total. The molecule has 0 radical (unpaired) electrons. The van der Waals surface area contributed by atoms with Crippen LogP contribution in [0.3, 0.4) is 0 Å². The lowest BCUT2D eigenvalue weighted by Crippen LogP contribution is -2.39. The van der Waals surface area contributed by atoms with Crippen molar-refractivity contribution in [3.8, 4) is 17.4 Å². The van der Waals surface area contributed by atoms with Crippen molar-refractivity contribution in [1.29, 1.82) is 5.26 Å². The van der Waals surface area contributed by atoms with Crippen molar-refractivity contribution in [1.82, 2.24) is 30.2 Å². The van der Waals surface area contributed by atoms with Crippen LogP contribution in [-0.4, -0.2) is 60.6 Å². The first-order chi connectivity index (χ1) is 14.5. The van der Waals surface area contributed by atoms with E-state index in [9.17, 15) is 14.7 Å². The van der Waals surface area contributed by atoms with Crippen molar-refractivity contribution in [3.05, 3.63) is 54.3 Å². The van der Waals surface area contributed by atoms with E-state index in [1.165, 1.54) is 17.3 Å². The van der Waals surface area contributed by atoms with E-state index < -0.39 is 12.0 Å². The number of oxazole rings is 1. The third-order valence-electron chi connectivity index (χ3n) is 4.84. The largest absolute Gasteiger partial charge is 0.465 e. The molecule has 0 aliphatic carbocycles. The first-order valence-electron chi connectivity index (χ1n) is 9.14. The molecule has 1 aliphatic rings. The lowest BCUT2D eigenvalue weighted by atomic mass is 10.1. The minimum atomic E-state index is -1.06. The van der Waals surface area contributed by atoms with E-state index in [1.54, 1.807) is 35.1 Å². The minimum absolute atomic E-state index is 0.131. The summed E-state index contributed by atoms with van der Waals surface area (Å²) in [5.74, 6) is -0.303. The van der Waals surface area contributed by atoms with E-state index >= 15 is 0 Å². The number of hydrogen-bond donors (Lipinski definition) is 2. The van der Waals surface area contributed by atoms with Crippen molar-refractivity contribution in [2.45, 2.75) is 25.0 Å². The fourth-order valence-electron chi connectivity index (χ4n) is 3.48. The number of carboxylic acid groups (broad SMARTS) is 1. The summed E-state index contributed by atoms with van der Waals surface area (Å²) in [4.78, 5) is 29.4. The number of likely N-dealkylation sites (tertiary alicyclic amines) is 1. The van der Waals surface area contributed by atoms with Crippen LogP contribution in [0.1, 0.15) is 22.7 Å². The maximum absolute atomic E-state index is 12.6. The Morgan fingerprint density at radius 2 is 2.27 bits per heavy atom. The molecule has 1 saturated heterocycles. The van der Waals surface area contributed by atoms with Gasteiger partial charge in [0.25, 0.3) is 5.89 Å². The zero-order valence-electron chi connectivity index (χ0n) is 15.7. The number of nitriles is 1. The highest BCUT2D eigenvalue weighted by Crippen LogP contribution is 2.23. The summed E-state index contributed by atoms with van der Waals surface area (Å²) >= 11 is 0. The van der Waals surface area contributed by atoms with Crippen LogP contribution in [0, 0.1) is 11.3 Å². The predicted molar refractivity (Wildman–Crippen MR) is 101 cm³/mol. The Bertz CT molecular complexity index is 1100. The van der Waals surface area contributed by atoms with Gasteiger partial charge in [0.2, 0.25) is 0 Å². The van der Waals surface area contributed by atoms with Crippen molar-refractivity contribution in [3.63, 3.8) is 0 Å². The summed E-state index contributed by atoms with van der Waals surface area (Å²) < 4.78 is 7.10. The first-order valence-corrected chi connectivity index (χ1v) is 9.14. The van der Waals surface area contributed by atoms with Gasteiger partial charge >= 0.3 is 12.0 Å². The Labute approximate surface area is 170 Å². The molecular formula is C19H17N7O4. The van der Waals surface area contributed by atoms with Gasteiger partial charge in [-0.2, -0.15) is 5.26 Å². The van der Waals surface area contributed by atoms with Crippen LogP contribution >= 0.6 is 0 Å². The lowest BCUT2D eigenvalue weighted by Gasteiger charge is -2.20. The van der Waals surface area contributed by atoms with E-state index in [1.807, 2.05) is 6.07 Å². The molecule has 0 saturated carbocycles. The summed E-state index contributed by atoms with van der Waals surface area (Å²) in [7, 11) is 0. The highest BCUT2D eigenvalue weighted by atomic mass is 16.4. The predicted octanol–water partition coefficient (Wildman–Crippen LogP) is 1.36. The highest BCUT2D eigenvalue weighted by molar-refractivity contribution is 5.90. The smallest absolute Gasteiger partial charge is 0.407 e. The fourth-order valence-corrected chi connectivity index (χ4v) is 3.48. The SMILES string of the molecule is N#Cc1cccc(-c2cnc(C(=O)NC3C[C@H](Cn4ccnn4)N(C(=O)O)C3)o2)c1. The van der Waals surface area contributed by atoms with Gasteiger partial charge in [-0.1, -0.05) is 17.3 Å².